The first kappa shape index (κ1) is 13.7. The van der Waals surface area contributed by atoms with E-state index in [-0.39, 0.29) is 12.7 Å². The molecule has 2 aliphatic rings. The molecular weight excluding hydrogens is 268 g/mol. The third kappa shape index (κ3) is 3.64. The van der Waals surface area contributed by atoms with Gasteiger partial charge in [0.1, 0.15) is 0 Å². The van der Waals surface area contributed by atoms with E-state index in [2.05, 4.69) is 16.7 Å². The molecule has 1 amide bonds. The monoisotopic (exact) mass is 286 g/mol. The SMILES string of the molecule is O=C(/C=C/c1ccc2c(c1)OCO2)NCC1=CCNCC1. The standard InChI is InChI=1S/C16H18N2O3/c19-16(18-10-13-5-7-17-8-6-13)4-2-12-1-3-14-15(9-12)21-11-20-14/h1-5,9,17H,6-8,10-11H2,(H,18,19)/b4-2+. The molecule has 1 aromatic rings. The summed E-state index contributed by atoms with van der Waals surface area (Å²) in [4.78, 5) is 11.8. The summed E-state index contributed by atoms with van der Waals surface area (Å²) in [5.41, 5.74) is 2.19. The summed E-state index contributed by atoms with van der Waals surface area (Å²) in [6.07, 6.45) is 6.44. The van der Waals surface area contributed by atoms with E-state index >= 15 is 0 Å². The Kier molecular flexibility index (Phi) is 4.21. The van der Waals surface area contributed by atoms with Gasteiger partial charge in [-0.2, -0.15) is 0 Å². The predicted octanol–water partition coefficient (Wildman–Crippen LogP) is 1.46. The van der Waals surface area contributed by atoms with E-state index in [0.29, 0.717) is 6.54 Å². The summed E-state index contributed by atoms with van der Waals surface area (Å²) in [6.45, 7) is 2.74. The van der Waals surface area contributed by atoms with Gasteiger partial charge < -0.3 is 20.1 Å². The van der Waals surface area contributed by atoms with Gasteiger partial charge in [0.2, 0.25) is 12.7 Å². The van der Waals surface area contributed by atoms with Crippen LogP contribution in [0.5, 0.6) is 11.5 Å². The molecule has 0 saturated heterocycles. The fourth-order valence-corrected chi connectivity index (χ4v) is 2.28. The maximum absolute atomic E-state index is 11.8. The summed E-state index contributed by atoms with van der Waals surface area (Å²) in [7, 11) is 0. The van der Waals surface area contributed by atoms with Crippen LogP contribution in [0.25, 0.3) is 6.08 Å². The minimum Gasteiger partial charge on any atom is -0.454 e. The molecule has 1 aromatic carbocycles. The van der Waals surface area contributed by atoms with Crippen LogP contribution >= 0.6 is 0 Å². The fourth-order valence-electron chi connectivity index (χ4n) is 2.28. The minimum absolute atomic E-state index is 0.0906. The predicted molar refractivity (Wildman–Crippen MR) is 80.2 cm³/mol. The van der Waals surface area contributed by atoms with Gasteiger partial charge in [-0.3, -0.25) is 4.79 Å². The Bertz CT molecular complexity index is 593. The normalized spacial score (nSPS) is 16.9. The van der Waals surface area contributed by atoms with Crippen molar-refractivity contribution in [1.29, 1.82) is 0 Å². The van der Waals surface area contributed by atoms with Gasteiger partial charge in [0, 0.05) is 19.2 Å². The van der Waals surface area contributed by atoms with Crippen molar-refractivity contribution in [2.45, 2.75) is 6.42 Å². The zero-order valence-corrected chi connectivity index (χ0v) is 11.7. The van der Waals surface area contributed by atoms with Crippen molar-refractivity contribution in [3.63, 3.8) is 0 Å². The lowest BCUT2D eigenvalue weighted by Gasteiger charge is -2.13. The number of amides is 1. The zero-order valence-electron chi connectivity index (χ0n) is 11.7. The van der Waals surface area contributed by atoms with E-state index in [4.69, 9.17) is 9.47 Å². The Morgan fingerprint density at radius 1 is 1.33 bits per heavy atom. The molecule has 2 heterocycles. The lowest BCUT2D eigenvalue weighted by Crippen LogP contribution is -2.28. The van der Waals surface area contributed by atoms with Crippen LogP contribution in [-0.4, -0.2) is 32.3 Å². The number of carbonyl (C=O) groups excluding carboxylic acids is 1. The highest BCUT2D eigenvalue weighted by Crippen LogP contribution is 2.32. The Morgan fingerprint density at radius 2 is 2.24 bits per heavy atom. The molecule has 0 radical (unpaired) electrons. The van der Waals surface area contributed by atoms with Crippen LogP contribution in [0.15, 0.2) is 35.9 Å². The van der Waals surface area contributed by atoms with Crippen molar-refractivity contribution in [3.8, 4) is 11.5 Å². The molecule has 0 spiro atoms. The second-order valence-electron chi connectivity index (χ2n) is 4.98. The summed E-state index contributed by atoms with van der Waals surface area (Å²) in [5.74, 6) is 1.37. The second kappa shape index (κ2) is 6.45. The summed E-state index contributed by atoms with van der Waals surface area (Å²) >= 11 is 0. The van der Waals surface area contributed by atoms with Gasteiger partial charge in [-0.1, -0.05) is 17.7 Å². The van der Waals surface area contributed by atoms with Gasteiger partial charge in [-0.15, -0.1) is 0 Å². The first-order valence-corrected chi connectivity index (χ1v) is 7.05. The highest BCUT2D eigenvalue weighted by molar-refractivity contribution is 5.91. The van der Waals surface area contributed by atoms with Crippen LogP contribution < -0.4 is 20.1 Å². The molecule has 5 heteroatoms. The van der Waals surface area contributed by atoms with E-state index in [9.17, 15) is 4.79 Å². The Morgan fingerprint density at radius 3 is 3.10 bits per heavy atom. The van der Waals surface area contributed by atoms with Crippen LogP contribution in [0.4, 0.5) is 0 Å². The molecule has 0 bridgehead atoms. The average molecular weight is 286 g/mol. The first-order valence-electron chi connectivity index (χ1n) is 7.05. The number of nitrogens with one attached hydrogen (secondary N) is 2. The van der Waals surface area contributed by atoms with Crippen molar-refractivity contribution in [2.24, 2.45) is 0 Å². The van der Waals surface area contributed by atoms with Crippen LogP contribution in [-0.2, 0) is 4.79 Å². The molecule has 5 nitrogen and oxygen atoms in total. The molecule has 0 unspecified atom stereocenters. The highest BCUT2D eigenvalue weighted by Gasteiger charge is 2.12. The molecule has 110 valence electrons. The molecule has 0 fully saturated rings. The van der Waals surface area contributed by atoms with Crippen molar-refractivity contribution in [2.75, 3.05) is 26.4 Å². The second-order valence-corrected chi connectivity index (χ2v) is 4.98. The van der Waals surface area contributed by atoms with Crippen LogP contribution in [0.2, 0.25) is 0 Å². The number of ether oxygens (including phenoxy) is 2. The fraction of sp³-hybridized carbons (Fsp3) is 0.312. The largest absolute Gasteiger partial charge is 0.454 e. The first-order chi connectivity index (χ1) is 10.3. The molecule has 3 rings (SSSR count). The molecular formula is C16H18N2O3. The van der Waals surface area contributed by atoms with E-state index in [1.54, 1.807) is 12.2 Å². The van der Waals surface area contributed by atoms with Gasteiger partial charge in [-0.05, 0) is 36.7 Å². The Balaban J connectivity index is 1.53. The van der Waals surface area contributed by atoms with Crippen molar-refractivity contribution in [3.05, 3.63) is 41.5 Å². The van der Waals surface area contributed by atoms with Crippen molar-refractivity contribution < 1.29 is 14.3 Å². The van der Waals surface area contributed by atoms with Gasteiger partial charge in [-0.25, -0.2) is 0 Å². The van der Waals surface area contributed by atoms with Crippen molar-refractivity contribution in [1.82, 2.24) is 10.6 Å². The average Bonchev–Trinajstić information content (AvgIpc) is 2.99. The topological polar surface area (TPSA) is 59.6 Å². The molecule has 0 saturated carbocycles. The molecule has 0 aromatic heterocycles. The van der Waals surface area contributed by atoms with Gasteiger partial charge in [0.25, 0.3) is 0 Å². The Labute approximate surface area is 123 Å². The van der Waals surface area contributed by atoms with Crippen LogP contribution in [0.3, 0.4) is 0 Å². The zero-order chi connectivity index (χ0) is 14.5. The maximum Gasteiger partial charge on any atom is 0.244 e. The van der Waals surface area contributed by atoms with Crippen molar-refractivity contribution >= 4 is 12.0 Å². The minimum atomic E-state index is -0.0906. The summed E-state index contributed by atoms with van der Waals surface area (Å²) < 4.78 is 10.6. The van der Waals surface area contributed by atoms with E-state index in [0.717, 1.165) is 36.6 Å². The van der Waals surface area contributed by atoms with Crippen LogP contribution in [0, 0.1) is 0 Å². The number of fused-ring (bicyclic) bond motifs is 1. The van der Waals surface area contributed by atoms with Gasteiger partial charge >= 0.3 is 0 Å². The smallest absolute Gasteiger partial charge is 0.244 e. The van der Waals surface area contributed by atoms with Gasteiger partial charge in [0.05, 0.1) is 0 Å². The summed E-state index contributed by atoms with van der Waals surface area (Å²) in [6, 6.07) is 5.60. The highest BCUT2D eigenvalue weighted by atomic mass is 16.7. The number of hydrogen-bond donors (Lipinski definition) is 2. The number of carbonyl (C=O) groups is 1. The lowest BCUT2D eigenvalue weighted by molar-refractivity contribution is -0.116. The number of benzene rings is 1. The maximum atomic E-state index is 11.8. The molecule has 0 aliphatic carbocycles. The van der Waals surface area contributed by atoms with E-state index in [1.807, 2.05) is 18.2 Å². The number of hydrogen-bond acceptors (Lipinski definition) is 4. The molecule has 0 atom stereocenters. The number of rotatable bonds is 4. The molecule has 2 aliphatic heterocycles. The van der Waals surface area contributed by atoms with Gasteiger partial charge in [0.15, 0.2) is 11.5 Å². The lowest BCUT2D eigenvalue weighted by atomic mass is 10.1. The van der Waals surface area contributed by atoms with E-state index in [1.165, 1.54) is 5.57 Å². The third-order valence-electron chi connectivity index (χ3n) is 3.47. The van der Waals surface area contributed by atoms with Crippen LogP contribution in [0.1, 0.15) is 12.0 Å². The van der Waals surface area contributed by atoms with E-state index < -0.39 is 0 Å². The summed E-state index contributed by atoms with van der Waals surface area (Å²) in [5, 5.41) is 6.14. The molecule has 2 N–H and O–H groups in total. The molecule has 21 heavy (non-hydrogen) atoms. The third-order valence-corrected chi connectivity index (χ3v) is 3.47. The quantitative estimate of drug-likeness (QED) is 0.650. The Hall–Kier alpha value is -2.27.